The summed E-state index contributed by atoms with van der Waals surface area (Å²) in [6.07, 6.45) is 0. The molecule has 27 heavy (non-hydrogen) atoms. The second-order valence-corrected chi connectivity index (χ2v) is 6.61. The minimum Gasteiger partial charge on any atom is -0.348 e. The number of amides is 3. The van der Waals surface area contributed by atoms with Crippen LogP contribution in [0.3, 0.4) is 0 Å². The molecule has 3 amide bonds. The van der Waals surface area contributed by atoms with Crippen LogP contribution in [0.4, 0.5) is 5.69 Å². The van der Waals surface area contributed by atoms with E-state index in [1.807, 2.05) is 32.0 Å². The van der Waals surface area contributed by atoms with Crippen molar-refractivity contribution in [1.29, 1.82) is 0 Å². The third-order valence-electron chi connectivity index (χ3n) is 4.49. The number of fused-ring (bicyclic) bond motifs is 1. The SMILES string of the molecule is Cc1ccc(C)c(N2C(=O)c3ccc(C(=O)N[C@@H](C)CN)cc3C2=O)c1.Cl. The average Bonchev–Trinajstić information content (AvgIpc) is 2.87. The van der Waals surface area contributed by atoms with E-state index in [9.17, 15) is 14.4 Å². The van der Waals surface area contributed by atoms with Crippen LogP contribution in [0.5, 0.6) is 0 Å². The molecule has 0 fully saturated rings. The highest BCUT2D eigenvalue weighted by Crippen LogP contribution is 2.31. The Labute approximate surface area is 164 Å². The van der Waals surface area contributed by atoms with E-state index in [1.165, 1.54) is 17.0 Å². The number of nitrogens with one attached hydrogen (secondary N) is 1. The fourth-order valence-corrected chi connectivity index (χ4v) is 2.93. The molecule has 0 saturated carbocycles. The maximum Gasteiger partial charge on any atom is 0.266 e. The first-order valence-electron chi connectivity index (χ1n) is 8.44. The van der Waals surface area contributed by atoms with E-state index in [2.05, 4.69) is 5.32 Å². The van der Waals surface area contributed by atoms with Gasteiger partial charge in [-0.25, -0.2) is 4.90 Å². The summed E-state index contributed by atoms with van der Waals surface area (Å²) >= 11 is 0. The molecule has 0 unspecified atom stereocenters. The van der Waals surface area contributed by atoms with Crippen molar-refractivity contribution in [3.63, 3.8) is 0 Å². The van der Waals surface area contributed by atoms with Gasteiger partial charge in [0.05, 0.1) is 16.8 Å². The van der Waals surface area contributed by atoms with Crippen molar-refractivity contribution < 1.29 is 14.4 Å². The topological polar surface area (TPSA) is 92.5 Å². The van der Waals surface area contributed by atoms with Gasteiger partial charge in [-0.3, -0.25) is 14.4 Å². The van der Waals surface area contributed by atoms with E-state index in [0.29, 0.717) is 23.4 Å². The van der Waals surface area contributed by atoms with E-state index in [4.69, 9.17) is 5.73 Å². The molecule has 0 bridgehead atoms. The first kappa shape index (κ1) is 20.6. The first-order valence-corrected chi connectivity index (χ1v) is 8.44. The fraction of sp³-hybridized carbons (Fsp3) is 0.250. The number of rotatable bonds is 4. The fourth-order valence-electron chi connectivity index (χ4n) is 2.93. The van der Waals surface area contributed by atoms with Crippen LogP contribution < -0.4 is 16.0 Å². The number of benzene rings is 2. The normalized spacial score (nSPS) is 13.9. The number of halogens is 1. The summed E-state index contributed by atoms with van der Waals surface area (Å²) in [5.74, 6) is -1.11. The monoisotopic (exact) mass is 387 g/mol. The Balaban J connectivity index is 0.00000261. The van der Waals surface area contributed by atoms with Gasteiger partial charge in [-0.15, -0.1) is 12.4 Å². The van der Waals surface area contributed by atoms with Crippen LogP contribution in [0, 0.1) is 13.8 Å². The molecule has 2 aromatic carbocycles. The van der Waals surface area contributed by atoms with Gasteiger partial charge >= 0.3 is 0 Å². The molecule has 0 radical (unpaired) electrons. The number of aryl methyl sites for hydroxylation is 2. The van der Waals surface area contributed by atoms with Crippen molar-refractivity contribution in [3.05, 3.63) is 64.2 Å². The third kappa shape index (κ3) is 3.72. The summed E-state index contributed by atoms with van der Waals surface area (Å²) < 4.78 is 0. The molecule has 3 rings (SSSR count). The zero-order valence-corrected chi connectivity index (χ0v) is 16.2. The van der Waals surface area contributed by atoms with Crippen molar-refractivity contribution in [2.24, 2.45) is 5.73 Å². The van der Waals surface area contributed by atoms with Gasteiger partial charge in [0, 0.05) is 18.2 Å². The number of hydrogen-bond acceptors (Lipinski definition) is 4. The summed E-state index contributed by atoms with van der Waals surface area (Å²) in [7, 11) is 0. The smallest absolute Gasteiger partial charge is 0.266 e. The molecule has 0 spiro atoms. The van der Waals surface area contributed by atoms with Crippen molar-refractivity contribution in [1.82, 2.24) is 5.32 Å². The van der Waals surface area contributed by atoms with Crippen molar-refractivity contribution in [2.75, 3.05) is 11.4 Å². The van der Waals surface area contributed by atoms with Gasteiger partial charge in [0.1, 0.15) is 0 Å². The number of carbonyl (C=O) groups is 3. The van der Waals surface area contributed by atoms with Gasteiger partial charge < -0.3 is 11.1 Å². The lowest BCUT2D eigenvalue weighted by Crippen LogP contribution is -2.37. The highest BCUT2D eigenvalue weighted by atomic mass is 35.5. The molecule has 142 valence electrons. The summed E-state index contributed by atoms with van der Waals surface area (Å²) in [4.78, 5) is 39.1. The second-order valence-electron chi connectivity index (χ2n) is 6.61. The minimum absolute atomic E-state index is 0. The molecule has 2 aromatic rings. The van der Waals surface area contributed by atoms with Gasteiger partial charge in [-0.1, -0.05) is 12.1 Å². The molecule has 0 aliphatic carbocycles. The van der Waals surface area contributed by atoms with Crippen LogP contribution in [0.15, 0.2) is 36.4 Å². The van der Waals surface area contributed by atoms with Crippen molar-refractivity contribution >= 4 is 35.8 Å². The van der Waals surface area contributed by atoms with E-state index in [0.717, 1.165) is 11.1 Å². The number of carbonyl (C=O) groups excluding carboxylic acids is 3. The van der Waals surface area contributed by atoms with Crippen LogP contribution in [0.25, 0.3) is 0 Å². The number of hydrogen-bond donors (Lipinski definition) is 2. The Morgan fingerprint density at radius 3 is 2.41 bits per heavy atom. The summed E-state index contributed by atoms with van der Waals surface area (Å²) in [6, 6.07) is 9.99. The van der Waals surface area contributed by atoms with Gasteiger partial charge in [0.2, 0.25) is 0 Å². The predicted octanol–water partition coefficient (Wildman–Crippen LogP) is 2.60. The summed E-state index contributed by atoms with van der Waals surface area (Å²) in [5, 5.41) is 2.75. The Hall–Kier alpha value is -2.70. The molecular formula is C20H22ClN3O3. The highest BCUT2D eigenvalue weighted by molar-refractivity contribution is 6.35. The van der Waals surface area contributed by atoms with Crippen LogP contribution in [-0.2, 0) is 0 Å². The molecule has 1 heterocycles. The Morgan fingerprint density at radius 1 is 1.07 bits per heavy atom. The number of nitrogens with two attached hydrogens (primary N) is 1. The minimum atomic E-state index is -0.416. The zero-order chi connectivity index (χ0) is 19.0. The van der Waals surface area contributed by atoms with E-state index in [1.54, 1.807) is 13.0 Å². The summed E-state index contributed by atoms with van der Waals surface area (Å²) in [6.45, 7) is 5.87. The second kappa shape index (κ2) is 7.90. The van der Waals surface area contributed by atoms with E-state index < -0.39 is 5.91 Å². The largest absolute Gasteiger partial charge is 0.348 e. The summed E-state index contributed by atoms with van der Waals surface area (Å²) in [5.41, 5.74) is 8.75. The number of imide groups is 1. The Morgan fingerprint density at radius 2 is 1.74 bits per heavy atom. The van der Waals surface area contributed by atoms with Crippen LogP contribution >= 0.6 is 12.4 Å². The van der Waals surface area contributed by atoms with Gasteiger partial charge in [0.15, 0.2) is 0 Å². The van der Waals surface area contributed by atoms with Crippen LogP contribution in [0.2, 0.25) is 0 Å². The molecule has 0 aromatic heterocycles. The predicted molar refractivity (Wildman–Crippen MR) is 107 cm³/mol. The van der Waals surface area contributed by atoms with Crippen LogP contribution in [0.1, 0.15) is 49.1 Å². The Bertz CT molecular complexity index is 927. The standard InChI is InChI=1S/C20H21N3O3.ClH/c1-11-4-5-12(2)17(8-11)23-19(25)15-7-6-14(9-16(15)20(23)26)18(24)22-13(3)10-21;/h4-9,13H,10,21H2,1-3H3,(H,22,24);1H/t13-;/m0./s1. The van der Waals surface area contributed by atoms with Crippen LogP contribution in [-0.4, -0.2) is 30.3 Å². The number of nitrogens with zero attached hydrogens (tertiary/aromatic N) is 1. The lowest BCUT2D eigenvalue weighted by molar-refractivity contribution is 0.0922. The average molecular weight is 388 g/mol. The third-order valence-corrected chi connectivity index (χ3v) is 4.49. The molecule has 3 N–H and O–H groups in total. The lowest BCUT2D eigenvalue weighted by atomic mass is 10.1. The molecular weight excluding hydrogens is 366 g/mol. The number of anilines is 1. The van der Waals surface area contributed by atoms with Gasteiger partial charge in [-0.2, -0.15) is 0 Å². The molecule has 7 heteroatoms. The Kier molecular flexibility index (Phi) is 6.03. The quantitative estimate of drug-likeness (QED) is 0.788. The van der Waals surface area contributed by atoms with Gasteiger partial charge in [-0.05, 0) is 56.2 Å². The maximum absolute atomic E-state index is 12.9. The van der Waals surface area contributed by atoms with Crippen molar-refractivity contribution in [3.8, 4) is 0 Å². The maximum atomic E-state index is 12.9. The zero-order valence-electron chi connectivity index (χ0n) is 15.4. The molecule has 1 aliphatic heterocycles. The van der Waals surface area contributed by atoms with E-state index >= 15 is 0 Å². The molecule has 0 saturated heterocycles. The van der Waals surface area contributed by atoms with Crippen molar-refractivity contribution in [2.45, 2.75) is 26.8 Å². The molecule has 1 aliphatic rings. The van der Waals surface area contributed by atoms with E-state index in [-0.39, 0.29) is 35.8 Å². The molecule has 1 atom stereocenters. The lowest BCUT2D eigenvalue weighted by Gasteiger charge is -2.17. The first-order chi connectivity index (χ1) is 12.3. The molecule has 6 nitrogen and oxygen atoms in total. The van der Waals surface area contributed by atoms with Gasteiger partial charge in [0.25, 0.3) is 17.7 Å². The highest BCUT2D eigenvalue weighted by Gasteiger charge is 2.37.